The van der Waals surface area contributed by atoms with Crippen molar-refractivity contribution in [2.45, 2.75) is 0 Å². The average molecular weight is 419 g/mol. The molecule has 2 N–H and O–H groups in total. The minimum absolute atomic E-state index is 0.489. The molecule has 0 bridgehead atoms. The summed E-state index contributed by atoms with van der Waals surface area (Å²) in [5, 5.41) is 10.9. The van der Waals surface area contributed by atoms with E-state index < -0.39 is 0 Å². The van der Waals surface area contributed by atoms with E-state index in [1.165, 1.54) is 0 Å². The van der Waals surface area contributed by atoms with Crippen LogP contribution >= 0.6 is 0 Å². The lowest BCUT2D eigenvalue weighted by atomic mass is 10.3. The molecule has 0 amide bonds. The highest BCUT2D eigenvalue weighted by Crippen LogP contribution is 2.24. The van der Waals surface area contributed by atoms with Crippen LogP contribution in [0.15, 0.2) is 48.9 Å². The van der Waals surface area contributed by atoms with Crippen molar-refractivity contribution < 1.29 is 4.74 Å². The summed E-state index contributed by atoms with van der Waals surface area (Å²) in [6.07, 6.45) is 3.52. The monoisotopic (exact) mass is 419 g/mol. The summed E-state index contributed by atoms with van der Waals surface area (Å²) in [4.78, 5) is 16.5. The lowest BCUT2D eigenvalue weighted by Crippen LogP contribution is -2.39. The molecule has 4 aromatic rings. The molecule has 0 atom stereocenters. The van der Waals surface area contributed by atoms with Crippen LogP contribution in [0, 0.1) is 0 Å². The van der Waals surface area contributed by atoms with E-state index in [2.05, 4.69) is 25.6 Å². The molecule has 160 valence electrons. The molecule has 0 saturated carbocycles. The predicted octanol–water partition coefficient (Wildman–Crippen LogP) is 2.04. The van der Waals surface area contributed by atoms with Crippen LogP contribution in [0.5, 0.6) is 0 Å². The normalized spacial score (nSPS) is 14.7. The van der Waals surface area contributed by atoms with E-state index >= 15 is 0 Å². The first-order valence-electron chi connectivity index (χ1n) is 10.4. The van der Waals surface area contributed by atoms with Crippen molar-refractivity contribution in [1.29, 1.82) is 0 Å². The molecule has 1 fully saturated rings. The molecule has 4 heterocycles. The van der Waals surface area contributed by atoms with Gasteiger partial charge in [-0.3, -0.25) is 14.1 Å². The quantitative estimate of drug-likeness (QED) is 0.470. The van der Waals surface area contributed by atoms with Gasteiger partial charge in [-0.25, -0.2) is 4.98 Å². The van der Waals surface area contributed by atoms with Crippen molar-refractivity contribution in [2.24, 2.45) is 7.05 Å². The Morgan fingerprint density at radius 3 is 2.68 bits per heavy atom. The molecule has 1 aromatic carbocycles. The zero-order valence-corrected chi connectivity index (χ0v) is 17.4. The third-order valence-electron chi connectivity index (χ3n) is 5.32. The number of aryl methyl sites for hydroxylation is 1. The summed E-state index contributed by atoms with van der Waals surface area (Å²) in [7, 11) is 1.87. The second-order valence-electron chi connectivity index (χ2n) is 7.36. The fourth-order valence-electron chi connectivity index (χ4n) is 3.63. The van der Waals surface area contributed by atoms with E-state index in [1.54, 1.807) is 17.2 Å². The standard InChI is InChI=1S/C21H25N9O/c1-28-17(7-8-24-28)25-21-26-19(22-9-10-29-11-13-31-14-12-29)18-20(27-21)30(15-23-18)16-5-3-2-4-6-16/h2-8,15H,9-14H2,1H3,(H2,22,25,26,27). The lowest BCUT2D eigenvalue weighted by Gasteiger charge is -2.26. The first-order valence-corrected chi connectivity index (χ1v) is 10.4. The molecule has 31 heavy (non-hydrogen) atoms. The van der Waals surface area contributed by atoms with E-state index in [9.17, 15) is 0 Å². The number of hydrogen-bond donors (Lipinski definition) is 2. The topological polar surface area (TPSA) is 98.0 Å². The number of nitrogens with one attached hydrogen (secondary N) is 2. The van der Waals surface area contributed by atoms with E-state index in [4.69, 9.17) is 14.7 Å². The first-order chi connectivity index (χ1) is 15.3. The van der Waals surface area contributed by atoms with Crippen LogP contribution in [0.4, 0.5) is 17.6 Å². The summed E-state index contributed by atoms with van der Waals surface area (Å²) in [6.45, 7) is 5.16. The second kappa shape index (κ2) is 8.70. The van der Waals surface area contributed by atoms with Gasteiger partial charge in [-0.05, 0) is 12.1 Å². The van der Waals surface area contributed by atoms with Crippen molar-refractivity contribution in [2.75, 3.05) is 50.0 Å². The number of benzene rings is 1. The molecule has 0 unspecified atom stereocenters. The number of fused-ring (bicyclic) bond motifs is 1. The van der Waals surface area contributed by atoms with Crippen molar-refractivity contribution in [3.05, 3.63) is 48.9 Å². The molecule has 0 aliphatic carbocycles. The van der Waals surface area contributed by atoms with Gasteiger partial charge >= 0.3 is 0 Å². The van der Waals surface area contributed by atoms with Gasteiger partial charge in [-0.2, -0.15) is 15.1 Å². The Morgan fingerprint density at radius 1 is 1.06 bits per heavy atom. The van der Waals surface area contributed by atoms with Crippen molar-refractivity contribution in [3.63, 3.8) is 0 Å². The summed E-state index contributed by atoms with van der Waals surface area (Å²) in [5.41, 5.74) is 2.47. The molecule has 5 rings (SSSR count). The number of hydrogen-bond acceptors (Lipinski definition) is 8. The molecule has 3 aromatic heterocycles. The molecule has 1 saturated heterocycles. The molecule has 10 nitrogen and oxygen atoms in total. The van der Waals surface area contributed by atoms with Crippen LogP contribution in [0.25, 0.3) is 16.9 Å². The second-order valence-corrected chi connectivity index (χ2v) is 7.36. The number of rotatable bonds is 7. The maximum Gasteiger partial charge on any atom is 0.232 e. The minimum atomic E-state index is 0.489. The Morgan fingerprint density at radius 2 is 1.90 bits per heavy atom. The summed E-state index contributed by atoms with van der Waals surface area (Å²) in [5.74, 6) is 2.00. The van der Waals surface area contributed by atoms with Crippen LogP contribution in [-0.4, -0.2) is 73.6 Å². The summed E-state index contributed by atoms with van der Waals surface area (Å²) >= 11 is 0. The van der Waals surface area contributed by atoms with Crippen LogP contribution in [0.1, 0.15) is 0 Å². The van der Waals surface area contributed by atoms with Gasteiger partial charge < -0.3 is 15.4 Å². The fraction of sp³-hybridized carbons (Fsp3) is 0.333. The summed E-state index contributed by atoms with van der Waals surface area (Å²) < 4.78 is 9.15. The number of para-hydroxylation sites is 1. The summed E-state index contributed by atoms with van der Waals surface area (Å²) in [6, 6.07) is 11.9. The molecule has 0 spiro atoms. The number of nitrogens with zero attached hydrogens (tertiary/aromatic N) is 7. The Bertz CT molecular complexity index is 1150. The van der Waals surface area contributed by atoms with Crippen LogP contribution < -0.4 is 10.6 Å². The number of ether oxygens (including phenoxy) is 1. The maximum absolute atomic E-state index is 5.43. The fourth-order valence-corrected chi connectivity index (χ4v) is 3.63. The van der Waals surface area contributed by atoms with Gasteiger partial charge in [-0.15, -0.1) is 0 Å². The van der Waals surface area contributed by atoms with Crippen LogP contribution in [0.3, 0.4) is 0 Å². The van der Waals surface area contributed by atoms with Gasteiger partial charge in [0.2, 0.25) is 5.95 Å². The van der Waals surface area contributed by atoms with Gasteiger partial charge in [0.1, 0.15) is 12.1 Å². The van der Waals surface area contributed by atoms with E-state index in [0.717, 1.165) is 62.1 Å². The zero-order valence-electron chi connectivity index (χ0n) is 17.4. The Kier molecular flexibility index (Phi) is 5.46. The van der Waals surface area contributed by atoms with E-state index in [-0.39, 0.29) is 0 Å². The Hall–Kier alpha value is -3.50. The number of anilines is 3. The van der Waals surface area contributed by atoms with Crippen molar-refractivity contribution in [3.8, 4) is 5.69 Å². The first kappa shape index (κ1) is 19.5. The highest BCUT2D eigenvalue weighted by atomic mass is 16.5. The van der Waals surface area contributed by atoms with Gasteiger partial charge in [-0.1, -0.05) is 18.2 Å². The molecule has 0 radical (unpaired) electrons. The Labute approximate surface area is 179 Å². The molecular formula is C21H25N9O. The van der Waals surface area contributed by atoms with Crippen molar-refractivity contribution in [1.82, 2.24) is 34.2 Å². The van der Waals surface area contributed by atoms with Gasteiger partial charge in [0.05, 0.1) is 19.4 Å². The third-order valence-corrected chi connectivity index (χ3v) is 5.32. The van der Waals surface area contributed by atoms with Crippen molar-refractivity contribution >= 4 is 28.7 Å². The predicted molar refractivity (Wildman–Crippen MR) is 119 cm³/mol. The largest absolute Gasteiger partial charge is 0.379 e. The van der Waals surface area contributed by atoms with Gasteiger partial charge in [0, 0.05) is 45.0 Å². The van der Waals surface area contributed by atoms with E-state index in [0.29, 0.717) is 11.8 Å². The molecule has 1 aliphatic heterocycles. The smallest absolute Gasteiger partial charge is 0.232 e. The van der Waals surface area contributed by atoms with Crippen LogP contribution in [0.2, 0.25) is 0 Å². The Balaban J connectivity index is 1.46. The number of imidazole rings is 1. The highest BCUT2D eigenvalue weighted by molar-refractivity contribution is 5.85. The SMILES string of the molecule is Cn1nccc1Nc1nc(NCCN2CCOCC2)c2ncn(-c3ccccc3)c2n1. The van der Waals surface area contributed by atoms with Gasteiger partial charge in [0.25, 0.3) is 0 Å². The molecule has 1 aliphatic rings. The number of morpholine rings is 1. The minimum Gasteiger partial charge on any atom is -0.379 e. The van der Waals surface area contributed by atoms with E-state index in [1.807, 2.05) is 48.0 Å². The third kappa shape index (κ3) is 4.21. The average Bonchev–Trinajstić information content (AvgIpc) is 3.41. The highest BCUT2D eigenvalue weighted by Gasteiger charge is 2.16. The zero-order chi connectivity index (χ0) is 21.0. The molecule has 10 heteroatoms. The molecular weight excluding hydrogens is 394 g/mol. The lowest BCUT2D eigenvalue weighted by molar-refractivity contribution is 0.0398. The van der Waals surface area contributed by atoms with Crippen LogP contribution in [-0.2, 0) is 11.8 Å². The number of aromatic nitrogens is 6. The maximum atomic E-state index is 5.43. The van der Waals surface area contributed by atoms with Gasteiger partial charge in [0.15, 0.2) is 17.0 Å².